The molecule has 0 fully saturated rings. The minimum absolute atomic E-state index is 0.266. The van der Waals surface area contributed by atoms with Crippen molar-refractivity contribution < 1.29 is 4.74 Å². The van der Waals surface area contributed by atoms with E-state index in [-0.39, 0.29) is 6.04 Å². The lowest BCUT2D eigenvalue weighted by atomic mass is 10.1. The van der Waals surface area contributed by atoms with E-state index in [1.807, 2.05) is 29.8 Å². The molecular weight excluding hydrogens is 264 g/mol. The second kappa shape index (κ2) is 6.91. The molecule has 1 aromatic carbocycles. The van der Waals surface area contributed by atoms with Gasteiger partial charge in [-0.3, -0.25) is 0 Å². The first-order chi connectivity index (χ1) is 10.1. The summed E-state index contributed by atoms with van der Waals surface area (Å²) in [5.74, 6) is 7.50. The molecule has 0 atom stereocenters. The minimum Gasteiger partial charge on any atom is -0.486 e. The van der Waals surface area contributed by atoms with Gasteiger partial charge in [-0.2, -0.15) is 5.10 Å². The number of aromatic nitrogens is 3. The van der Waals surface area contributed by atoms with Crippen molar-refractivity contribution in [3.8, 4) is 17.6 Å². The molecule has 2 rings (SSSR count). The van der Waals surface area contributed by atoms with Crippen LogP contribution in [0.2, 0.25) is 0 Å². The molecule has 21 heavy (non-hydrogen) atoms. The lowest BCUT2D eigenvalue weighted by Gasteiger charge is -2.11. The minimum atomic E-state index is 0.266. The van der Waals surface area contributed by atoms with Crippen LogP contribution in [0.15, 0.2) is 24.5 Å². The molecule has 0 aliphatic carbocycles. The normalized spacial score (nSPS) is 10.3. The van der Waals surface area contributed by atoms with Gasteiger partial charge in [0.2, 0.25) is 0 Å². The molecule has 1 heterocycles. The summed E-state index contributed by atoms with van der Waals surface area (Å²) in [6.07, 6.45) is 1.55. The van der Waals surface area contributed by atoms with E-state index in [0.717, 1.165) is 22.7 Å². The van der Waals surface area contributed by atoms with Gasteiger partial charge in [0.1, 0.15) is 18.7 Å². The molecular formula is C16H20N4O. The smallest absolute Gasteiger partial charge is 0.165 e. The van der Waals surface area contributed by atoms with E-state index in [0.29, 0.717) is 13.2 Å². The van der Waals surface area contributed by atoms with Gasteiger partial charge in [0, 0.05) is 11.6 Å². The second-order valence-corrected chi connectivity index (χ2v) is 4.99. The van der Waals surface area contributed by atoms with Crippen LogP contribution in [0.1, 0.15) is 36.8 Å². The van der Waals surface area contributed by atoms with Crippen LogP contribution in [0.25, 0.3) is 0 Å². The highest BCUT2D eigenvalue weighted by Gasteiger charge is 2.08. The zero-order valence-electron chi connectivity index (χ0n) is 12.6. The molecule has 0 unspecified atom stereocenters. The monoisotopic (exact) mass is 284 g/mol. The summed E-state index contributed by atoms with van der Waals surface area (Å²) in [5.41, 5.74) is 7.42. The highest BCUT2D eigenvalue weighted by atomic mass is 16.5. The van der Waals surface area contributed by atoms with Crippen LogP contribution in [-0.4, -0.2) is 21.3 Å². The number of ether oxygens (including phenoxy) is 1. The van der Waals surface area contributed by atoms with Crippen LogP contribution in [0, 0.1) is 18.8 Å². The number of aryl methyl sites for hydroxylation is 1. The number of benzene rings is 1. The summed E-state index contributed by atoms with van der Waals surface area (Å²) in [6, 6.07) is 6.09. The van der Waals surface area contributed by atoms with Crippen molar-refractivity contribution in [2.24, 2.45) is 5.73 Å². The highest BCUT2D eigenvalue weighted by Crippen LogP contribution is 2.18. The number of nitrogens with zero attached hydrogens (tertiary/aromatic N) is 3. The van der Waals surface area contributed by atoms with Crippen molar-refractivity contribution in [3.05, 3.63) is 41.5 Å². The molecule has 0 aliphatic heterocycles. The molecule has 0 spiro atoms. The van der Waals surface area contributed by atoms with Crippen molar-refractivity contribution >= 4 is 0 Å². The zero-order chi connectivity index (χ0) is 15.2. The van der Waals surface area contributed by atoms with Crippen LogP contribution in [0.4, 0.5) is 0 Å². The molecule has 1 aromatic heterocycles. The predicted molar refractivity (Wildman–Crippen MR) is 81.9 cm³/mol. The van der Waals surface area contributed by atoms with Gasteiger partial charge in [-0.15, -0.1) is 0 Å². The number of rotatable bonds is 4. The Hall–Kier alpha value is -2.32. The first kappa shape index (κ1) is 15.1. The molecule has 0 saturated heterocycles. The topological polar surface area (TPSA) is 66.0 Å². The molecule has 5 heteroatoms. The van der Waals surface area contributed by atoms with Crippen LogP contribution < -0.4 is 10.5 Å². The van der Waals surface area contributed by atoms with Gasteiger partial charge in [0.15, 0.2) is 5.82 Å². The second-order valence-electron chi connectivity index (χ2n) is 4.99. The third-order valence-electron chi connectivity index (χ3n) is 3.03. The molecule has 0 bridgehead atoms. The molecule has 110 valence electrons. The Balaban J connectivity index is 2.07. The van der Waals surface area contributed by atoms with Crippen LogP contribution in [0.5, 0.6) is 5.75 Å². The largest absolute Gasteiger partial charge is 0.486 e. The summed E-state index contributed by atoms with van der Waals surface area (Å²) in [4.78, 5) is 4.22. The molecule has 0 amide bonds. The van der Waals surface area contributed by atoms with E-state index in [4.69, 9.17) is 10.5 Å². The molecule has 2 aromatic rings. The average molecular weight is 284 g/mol. The number of nitrogens with two attached hydrogens (primary N) is 1. The van der Waals surface area contributed by atoms with Crippen molar-refractivity contribution in [1.82, 2.24) is 14.8 Å². The SMILES string of the molecule is Cc1cc(OCc2ncnn2C(C)C)ccc1C#CCN. The lowest BCUT2D eigenvalue weighted by molar-refractivity contribution is 0.282. The predicted octanol–water partition coefficient (Wildman–Crippen LogP) is 2.06. The van der Waals surface area contributed by atoms with Crippen LogP contribution >= 0.6 is 0 Å². The van der Waals surface area contributed by atoms with Crippen molar-refractivity contribution in [3.63, 3.8) is 0 Å². The maximum atomic E-state index is 5.79. The lowest BCUT2D eigenvalue weighted by Crippen LogP contribution is -2.10. The van der Waals surface area contributed by atoms with Gasteiger partial charge in [0.05, 0.1) is 6.54 Å². The summed E-state index contributed by atoms with van der Waals surface area (Å²) >= 11 is 0. The Bertz CT molecular complexity index is 664. The first-order valence-corrected chi connectivity index (χ1v) is 6.92. The molecule has 0 aliphatic rings. The fourth-order valence-electron chi connectivity index (χ4n) is 1.97. The summed E-state index contributed by atoms with van der Waals surface area (Å²) < 4.78 is 7.64. The fourth-order valence-corrected chi connectivity index (χ4v) is 1.97. The van der Waals surface area contributed by atoms with E-state index < -0.39 is 0 Å². The Labute approximate surface area is 125 Å². The van der Waals surface area contributed by atoms with Gasteiger partial charge in [-0.25, -0.2) is 9.67 Å². The van der Waals surface area contributed by atoms with E-state index in [1.165, 1.54) is 0 Å². The van der Waals surface area contributed by atoms with E-state index in [9.17, 15) is 0 Å². The molecule has 0 saturated carbocycles. The third kappa shape index (κ3) is 3.83. The van der Waals surface area contributed by atoms with Crippen LogP contribution in [0.3, 0.4) is 0 Å². The maximum absolute atomic E-state index is 5.79. The zero-order valence-corrected chi connectivity index (χ0v) is 12.6. The van der Waals surface area contributed by atoms with E-state index >= 15 is 0 Å². The van der Waals surface area contributed by atoms with E-state index in [1.54, 1.807) is 6.33 Å². The third-order valence-corrected chi connectivity index (χ3v) is 3.03. The molecule has 0 radical (unpaired) electrons. The van der Waals surface area contributed by atoms with Gasteiger partial charge < -0.3 is 10.5 Å². The van der Waals surface area contributed by atoms with Crippen molar-refractivity contribution in [1.29, 1.82) is 0 Å². The number of hydrogen-bond donors (Lipinski definition) is 1. The summed E-state index contributed by atoms with van der Waals surface area (Å²) in [6.45, 7) is 6.89. The maximum Gasteiger partial charge on any atom is 0.165 e. The van der Waals surface area contributed by atoms with Crippen LogP contribution in [-0.2, 0) is 6.61 Å². The van der Waals surface area contributed by atoms with E-state index in [2.05, 4.69) is 35.8 Å². The fraction of sp³-hybridized carbons (Fsp3) is 0.375. The van der Waals surface area contributed by atoms with Gasteiger partial charge in [0.25, 0.3) is 0 Å². The highest BCUT2D eigenvalue weighted by molar-refractivity contribution is 5.44. The van der Waals surface area contributed by atoms with Gasteiger partial charge in [-0.1, -0.05) is 11.8 Å². The van der Waals surface area contributed by atoms with Gasteiger partial charge in [-0.05, 0) is 44.5 Å². The summed E-state index contributed by atoms with van der Waals surface area (Å²) in [5, 5.41) is 4.19. The van der Waals surface area contributed by atoms with Crippen molar-refractivity contribution in [2.75, 3.05) is 6.54 Å². The Kier molecular flexibility index (Phi) is 4.96. The molecule has 5 nitrogen and oxygen atoms in total. The Morgan fingerprint density at radius 1 is 1.38 bits per heavy atom. The van der Waals surface area contributed by atoms with Gasteiger partial charge >= 0.3 is 0 Å². The summed E-state index contributed by atoms with van der Waals surface area (Å²) in [7, 11) is 0. The van der Waals surface area contributed by atoms with Crippen molar-refractivity contribution in [2.45, 2.75) is 33.4 Å². The Morgan fingerprint density at radius 2 is 2.19 bits per heavy atom. The average Bonchev–Trinajstić information content (AvgIpc) is 2.93. The molecule has 2 N–H and O–H groups in total. The standard InChI is InChI=1S/C16H20N4O/c1-12(2)20-16(18-11-19-20)10-21-15-7-6-14(5-4-8-17)13(3)9-15/h6-7,9,11-12H,8,10,17H2,1-3H3. The quantitative estimate of drug-likeness (QED) is 0.873. The number of hydrogen-bond acceptors (Lipinski definition) is 4. The Morgan fingerprint density at radius 3 is 2.86 bits per heavy atom. The first-order valence-electron chi connectivity index (χ1n) is 6.92.